The molecule has 0 radical (unpaired) electrons. The van der Waals surface area contributed by atoms with Gasteiger partial charge in [-0.2, -0.15) is 0 Å². The minimum Gasteiger partial charge on any atom is -0.301 e. The summed E-state index contributed by atoms with van der Waals surface area (Å²) in [5.74, 6) is -0.996. The number of carbonyl (C=O) groups excluding carboxylic acids is 2. The van der Waals surface area contributed by atoms with E-state index in [0.717, 1.165) is 0 Å². The lowest BCUT2D eigenvalue weighted by molar-refractivity contribution is -0.113. The lowest BCUT2D eigenvalue weighted by atomic mass is 10.1. The van der Waals surface area contributed by atoms with Gasteiger partial charge in [0.1, 0.15) is 5.71 Å². The van der Waals surface area contributed by atoms with Crippen LogP contribution < -0.4 is 0 Å². The first kappa shape index (κ1) is 9.68. The number of rotatable bonds is 3. The largest absolute Gasteiger partial charge is 0.301 e. The van der Waals surface area contributed by atoms with Gasteiger partial charge >= 0.3 is 0 Å². The molecule has 0 aromatic carbocycles. The van der Waals surface area contributed by atoms with Gasteiger partial charge in [0.2, 0.25) is 5.78 Å². The third-order valence-electron chi connectivity index (χ3n) is 1.11. The normalized spacial score (nSPS) is 11.0. The Bertz CT molecular complexity index is 241. The molecule has 0 saturated heterocycles. The molecule has 0 aromatic rings. The topological polar surface area (TPSA) is 70.3 Å². The lowest BCUT2D eigenvalue weighted by Crippen LogP contribution is -2.26. The molecule has 0 bridgehead atoms. The molecule has 0 aliphatic rings. The number of hydrogen-bond donors (Lipinski definition) is 1. The fraction of sp³-hybridized carbons (Fsp3) is 0.429. The fourth-order valence-corrected chi connectivity index (χ4v) is 0.596. The van der Waals surface area contributed by atoms with Gasteiger partial charge < -0.3 is 5.41 Å². The summed E-state index contributed by atoms with van der Waals surface area (Å²) < 4.78 is 0. The van der Waals surface area contributed by atoms with E-state index in [-0.39, 0.29) is 11.4 Å². The Morgan fingerprint density at radius 2 is 1.73 bits per heavy atom. The van der Waals surface area contributed by atoms with Gasteiger partial charge in [-0.25, -0.2) is 0 Å². The molecule has 0 aliphatic heterocycles. The van der Waals surface area contributed by atoms with E-state index in [2.05, 4.69) is 4.99 Å². The quantitative estimate of drug-likeness (QED) is 0.467. The second-order valence-corrected chi connectivity index (χ2v) is 2.08. The third kappa shape index (κ3) is 2.41. The molecule has 4 nitrogen and oxygen atoms in total. The number of ketones is 2. The summed E-state index contributed by atoms with van der Waals surface area (Å²) >= 11 is 0. The summed E-state index contributed by atoms with van der Waals surface area (Å²) in [7, 11) is 1.36. The molecule has 0 saturated carbocycles. The van der Waals surface area contributed by atoms with Crippen molar-refractivity contribution in [2.45, 2.75) is 13.8 Å². The zero-order valence-electron chi connectivity index (χ0n) is 6.76. The SMILES string of the molecule is CN=C(C(C)=O)C(=O)C(C)=N. The van der Waals surface area contributed by atoms with Gasteiger partial charge in [0.05, 0.1) is 5.71 Å². The van der Waals surface area contributed by atoms with E-state index in [1.807, 2.05) is 0 Å². The minimum atomic E-state index is -0.597. The molecule has 0 fully saturated rings. The second-order valence-electron chi connectivity index (χ2n) is 2.08. The number of nitrogens with one attached hydrogen (secondary N) is 1. The fourth-order valence-electron chi connectivity index (χ4n) is 0.596. The van der Waals surface area contributed by atoms with Crippen LogP contribution in [0.15, 0.2) is 4.99 Å². The van der Waals surface area contributed by atoms with Crippen molar-refractivity contribution in [2.75, 3.05) is 7.05 Å². The van der Waals surface area contributed by atoms with Crippen LogP contribution in [0.5, 0.6) is 0 Å². The Balaban J connectivity index is 4.69. The summed E-state index contributed by atoms with van der Waals surface area (Å²) in [6, 6.07) is 0. The highest BCUT2D eigenvalue weighted by molar-refractivity contribution is 6.79. The predicted molar refractivity (Wildman–Crippen MR) is 42.4 cm³/mol. The van der Waals surface area contributed by atoms with Crippen LogP contribution >= 0.6 is 0 Å². The van der Waals surface area contributed by atoms with Crippen molar-refractivity contribution in [2.24, 2.45) is 4.99 Å². The number of hydrogen-bond acceptors (Lipinski definition) is 4. The minimum absolute atomic E-state index is 0.155. The molecule has 4 heteroatoms. The lowest BCUT2D eigenvalue weighted by Gasteiger charge is -1.96. The first-order valence-electron chi connectivity index (χ1n) is 3.08. The Morgan fingerprint density at radius 3 is 1.82 bits per heavy atom. The molecule has 0 atom stereocenters. The van der Waals surface area contributed by atoms with E-state index in [9.17, 15) is 9.59 Å². The molecule has 0 amide bonds. The number of carbonyl (C=O) groups is 2. The van der Waals surface area contributed by atoms with Gasteiger partial charge in [0.15, 0.2) is 5.78 Å². The van der Waals surface area contributed by atoms with Crippen molar-refractivity contribution in [3.63, 3.8) is 0 Å². The van der Waals surface area contributed by atoms with Crippen molar-refractivity contribution in [3.8, 4) is 0 Å². The van der Waals surface area contributed by atoms with Crippen molar-refractivity contribution in [3.05, 3.63) is 0 Å². The first-order chi connectivity index (χ1) is 5.00. The molecular weight excluding hydrogens is 144 g/mol. The Labute approximate surface area is 64.8 Å². The first-order valence-corrected chi connectivity index (χ1v) is 3.08. The van der Waals surface area contributed by atoms with Crippen molar-refractivity contribution in [1.82, 2.24) is 0 Å². The summed E-state index contributed by atoms with van der Waals surface area (Å²) in [5, 5.41) is 6.94. The van der Waals surface area contributed by atoms with Crippen LogP contribution in [0.4, 0.5) is 0 Å². The van der Waals surface area contributed by atoms with E-state index < -0.39 is 11.6 Å². The molecular formula is C7H10N2O2. The summed E-state index contributed by atoms with van der Waals surface area (Å²) in [6.07, 6.45) is 0. The average molecular weight is 154 g/mol. The molecule has 60 valence electrons. The van der Waals surface area contributed by atoms with Crippen LogP contribution in [-0.4, -0.2) is 30.0 Å². The van der Waals surface area contributed by atoms with Gasteiger partial charge in [-0.3, -0.25) is 14.6 Å². The molecule has 0 spiro atoms. The van der Waals surface area contributed by atoms with Crippen LogP contribution in [-0.2, 0) is 9.59 Å². The molecule has 0 unspecified atom stereocenters. The number of nitrogens with zero attached hydrogens (tertiary/aromatic N) is 1. The molecule has 0 rings (SSSR count). The molecule has 11 heavy (non-hydrogen) atoms. The van der Waals surface area contributed by atoms with Crippen molar-refractivity contribution in [1.29, 1.82) is 5.41 Å². The molecule has 1 N–H and O–H groups in total. The molecule has 0 heterocycles. The smallest absolute Gasteiger partial charge is 0.227 e. The molecule has 0 aliphatic carbocycles. The van der Waals surface area contributed by atoms with Crippen LogP contribution in [0.1, 0.15) is 13.8 Å². The summed E-state index contributed by atoms with van der Waals surface area (Å²) in [6.45, 7) is 2.58. The standard InChI is InChI=1S/C7H10N2O2/c1-4(8)7(11)6(9-3)5(2)10/h8H,1-3H3. The van der Waals surface area contributed by atoms with Gasteiger partial charge in [0, 0.05) is 14.0 Å². The second kappa shape index (κ2) is 3.75. The maximum Gasteiger partial charge on any atom is 0.227 e. The van der Waals surface area contributed by atoms with Crippen molar-refractivity contribution < 1.29 is 9.59 Å². The highest BCUT2D eigenvalue weighted by atomic mass is 16.1. The Morgan fingerprint density at radius 1 is 1.27 bits per heavy atom. The highest BCUT2D eigenvalue weighted by Gasteiger charge is 2.16. The predicted octanol–water partition coefficient (Wildman–Crippen LogP) is 0.255. The van der Waals surface area contributed by atoms with Crippen LogP contribution in [0.25, 0.3) is 0 Å². The Hall–Kier alpha value is -1.32. The van der Waals surface area contributed by atoms with Gasteiger partial charge in [-0.1, -0.05) is 0 Å². The zero-order chi connectivity index (χ0) is 9.02. The van der Waals surface area contributed by atoms with E-state index in [4.69, 9.17) is 5.41 Å². The monoisotopic (exact) mass is 154 g/mol. The summed E-state index contributed by atoms with van der Waals surface area (Å²) in [5.41, 5.74) is -0.321. The van der Waals surface area contributed by atoms with Crippen LogP contribution in [0, 0.1) is 5.41 Å². The van der Waals surface area contributed by atoms with E-state index in [0.29, 0.717) is 0 Å². The third-order valence-corrected chi connectivity index (χ3v) is 1.11. The van der Waals surface area contributed by atoms with E-state index in [1.54, 1.807) is 0 Å². The maximum atomic E-state index is 10.9. The average Bonchev–Trinajstić information content (AvgIpc) is 1.88. The number of Topliss-reactive ketones (excluding diaryl/α,β-unsaturated/α-hetero) is 2. The van der Waals surface area contributed by atoms with Crippen molar-refractivity contribution >= 4 is 23.0 Å². The van der Waals surface area contributed by atoms with E-state index >= 15 is 0 Å². The van der Waals surface area contributed by atoms with Crippen LogP contribution in [0.3, 0.4) is 0 Å². The summed E-state index contributed by atoms with van der Waals surface area (Å²) in [4.78, 5) is 25.1. The highest BCUT2D eigenvalue weighted by Crippen LogP contribution is 1.85. The van der Waals surface area contributed by atoms with Gasteiger partial charge in [0.25, 0.3) is 0 Å². The Kier molecular flexibility index (Phi) is 3.30. The van der Waals surface area contributed by atoms with Gasteiger partial charge in [-0.15, -0.1) is 0 Å². The van der Waals surface area contributed by atoms with E-state index in [1.165, 1.54) is 20.9 Å². The van der Waals surface area contributed by atoms with Crippen LogP contribution in [0.2, 0.25) is 0 Å². The van der Waals surface area contributed by atoms with Gasteiger partial charge in [-0.05, 0) is 6.92 Å². The maximum absolute atomic E-state index is 10.9. The zero-order valence-corrected chi connectivity index (χ0v) is 6.76. The number of aliphatic imine (C=N–C) groups is 1. The molecule has 0 aromatic heterocycles.